The van der Waals surface area contributed by atoms with Crippen LogP contribution >= 0.6 is 11.6 Å². The first-order valence-corrected chi connectivity index (χ1v) is 7.89. The molecule has 0 aliphatic carbocycles. The van der Waals surface area contributed by atoms with Gasteiger partial charge in [0.2, 0.25) is 5.91 Å². The van der Waals surface area contributed by atoms with Crippen molar-refractivity contribution >= 4 is 23.6 Å². The summed E-state index contributed by atoms with van der Waals surface area (Å²) in [5.74, 6) is 0.541. The summed E-state index contributed by atoms with van der Waals surface area (Å²) in [6, 6.07) is 14.9. The van der Waals surface area contributed by atoms with Crippen LogP contribution in [0.1, 0.15) is 17.2 Å². The quantitative estimate of drug-likeness (QED) is 0.775. The molecule has 2 aromatic carbocycles. The number of rotatable bonds is 7. The van der Waals surface area contributed by atoms with Crippen molar-refractivity contribution in [3.8, 4) is 5.75 Å². The summed E-state index contributed by atoms with van der Waals surface area (Å²) in [6.07, 6.45) is 2.89. The number of hydrogen-bond acceptors (Lipinski definition) is 3. The van der Waals surface area contributed by atoms with Gasteiger partial charge >= 0.3 is 0 Å². The average Bonchev–Trinajstić information content (AvgIpc) is 2.61. The van der Waals surface area contributed by atoms with Crippen LogP contribution in [0.4, 0.5) is 0 Å². The van der Waals surface area contributed by atoms with Gasteiger partial charge in [-0.05, 0) is 35.4 Å². The molecule has 1 atom stereocenters. The van der Waals surface area contributed by atoms with Gasteiger partial charge in [0.05, 0.1) is 13.2 Å². The van der Waals surface area contributed by atoms with E-state index in [1.807, 2.05) is 42.5 Å². The molecule has 0 aliphatic rings. The minimum Gasteiger partial charge on any atom is -0.497 e. The zero-order chi connectivity index (χ0) is 17.4. The summed E-state index contributed by atoms with van der Waals surface area (Å²) >= 11 is 6.05. The van der Waals surface area contributed by atoms with Crippen LogP contribution in [-0.2, 0) is 9.53 Å². The van der Waals surface area contributed by atoms with Crippen molar-refractivity contribution in [1.82, 2.24) is 5.32 Å². The van der Waals surface area contributed by atoms with Crippen molar-refractivity contribution in [3.63, 3.8) is 0 Å². The second kappa shape index (κ2) is 9.11. The average molecular weight is 346 g/mol. The lowest BCUT2D eigenvalue weighted by Crippen LogP contribution is -2.27. The highest BCUT2D eigenvalue weighted by Gasteiger charge is 2.12. The maximum absolute atomic E-state index is 12.0. The summed E-state index contributed by atoms with van der Waals surface area (Å²) in [5.41, 5.74) is 1.73. The molecular weight excluding hydrogens is 326 g/mol. The van der Waals surface area contributed by atoms with E-state index in [0.717, 1.165) is 16.9 Å². The Balaban J connectivity index is 1.95. The fraction of sp³-hybridized carbons (Fsp3) is 0.211. The van der Waals surface area contributed by atoms with E-state index in [9.17, 15) is 4.79 Å². The highest BCUT2D eigenvalue weighted by atomic mass is 35.5. The molecule has 0 spiro atoms. The molecule has 1 N–H and O–H groups in total. The van der Waals surface area contributed by atoms with Gasteiger partial charge in [0.1, 0.15) is 5.75 Å². The third kappa shape index (κ3) is 5.11. The number of carbonyl (C=O) groups excluding carboxylic acids is 1. The molecule has 0 aromatic heterocycles. The molecule has 4 nitrogen and oxygen atoms in total. The molecule has 0 heterocycles. The van der Waals surface area contributed by atoms with Gasteiger partial charge < -0.3 is 14.8 Å². The fourth-order valence-corrected chi connectivity index (χ4v) is 2.41. The first kappa shape index (κ1) is 18.0. The monoisotopic (exact) mass is 345 g/mol. The Labute approximate surface area is 147 Å². The SMILES string of the molecule is COc1cccc(C(CNC(=O)C=Cc2ccccc2Cl)OC)c1. The largest absolute Gasteiger partial charge is 0.497 e. The maximum Gasteiger partial charge on any atom is 0.244 e. The van der Waals surface area contributed by atoms with Crippen LogP contribution < -0.4 is 10.1 Å². The molecule has 126 valence electrons. The molecule has 2 aromatic rings. The van der Waals surface area contributed by atoms with Crippen LogP contribution in [0.15, 0.2) is 54.6 Å². The number of halogens is 1. The normalized spacial score (nSPS) is 12.1. The van der Waals surface area contributed by atoms with Crippen LogP contribution in [0.25, 0.3) is 6.08 Å². The van der Waals surface area contributed by atoms with E-state index in [2.05, 4.69) is 5.32 Å². The standard InChI is InChI=1S/C19H20ClNO3/c1-23-16-8-5-7-15(12-16)18(24-2)13-21-19(22)11-10-14-6-3-4-9-17(14)20/h3-12,18H,13H2,1-2H3,(H,21,22). The molecule has 0 saturated heterocycles. The van der Waals surface area contributed by atoms with Gasteiger partial charge in [-0.3, -0.25) is 4.79 Å². The zero-order valence-electron chi connectivity index (χ0n) is 13.7. The minimum atomic E-state index is -0.252. The smallest absolute Gasteiger partial charge is 0.244 e. The Hall–Kier alpha value is -2.30. The summed E-state index contributed by atoms with van der Waals surface area (Å²) in [7, 11) is 3.22. The van der Waals surface area contributed by atoms with E-state index in [4.69, 9.17) is 21.1 Å². The van der Waals surface area contributed by atoms with Crippen LogP contribution in [0.2, 0.25) is 5.02 Å². The molecule has 0 radical (unpaired) electrons. The summed E-state index contributed by atoms with van der Waals surface area (Å²) < 4.78 is 10.7. The van der Waals surface area contributed by atoms with Crippen molar-refractivity contribution in [2.75, 3.05) is 20.8 Å². The Bertz CT molecular complexity index is 715. The fourth-order valence-electron chi connectivity index (χ4n) is 2.21. The van der Waals surface area contributed by atoms with Crippen molar-refractivity contribution < 1.29 is 14.3 Å². The van der Waals surface area contributed by atoms with Gasteiger partial charge in [0.25, 0.3) is 0 Å². The van der Waals surface area contributed by atoms with Gasteiger partial charge in [-0.25, -0.2) is 0 Å². The molecule has 0 fully saturated rings. The summed E-state index contributed by atoms with van der Waals surface area (Å²) in [6.45, 7) is 0.357. The number of amides is 1. The lowest BCUT2D eigenvalue weighted by molar-refractivity contribution is -0.117. The first-order chi connectivity index (χ1) is 11.6. The van der Waals surface area contributed by atoms with E-state index in [1.165, 1.54) is 6.08 Å². The van der Waals surface area contributed by atoms with Crippen LogP contribution in [-0.4, -0.2) is 26.7 Å². The van der Waals surface area contributed by atoms with E-state index in [-0.39, 0.29) is 12.0 Å². The molecule has 2 rings (SSSR count). The van der Waals surface area contributed by atoms with E-state index in [0.29, 0.717) is 11.6 Å². The predicted molar refractivity (Wildman–Crippen MR) is 96.2 cm³/mol. The topological polar surface area (TPSA) is 47.6 Å². The highest BCUT2D eigenvalue weighted by Crippen LogP contribution is 2.21. The first-order valence-electron chi connectivity index (χ1n) is 7.51. The van der Waals surface area contributed by atoms with E-state index in [1.54, 1.807) is 26.4 Å². The second-order valence-electron chi connectivity index (χ2n) is 5.10. The minimum absolute atomic E-state index is 0.208. The zero-order valence-corrected chi connectivity index (χ0v) is 14.4. The summed E-state index contributed by atoms with van der Waals surface area (Å²) in [4.78, 5) is 12.0. The van der Waals surface area contributed by atoms with Gasteiger partial charge in [0, 0.05) is 24.8 Å². The van der Waals surface area contributed by atoms with E-state index < -0.39 is 0 Å². The molecular formula is C19H20ClNO3. The summed E-state index contributed by atoms with van der Waals surface area (Å²) in [5, 5.41) is 3.43. The van der Waals surface area contributed by atoms with Crippen LogP contribution in [0.5, 0.6) is 5.75 Å². The lowest BCUT2D eigenvalue weighted by atomic mass is 10.1. The predicted octanol–water partition coefficient (Wildman–Crippen LogP) is 3.87. The number of carbonyl (C=O) groups is 1. The number of nitrogens with one attached hydrogen (secondary N) is 1. The number of ether oxygens (including phenoxy) is 2. The Morgan fingerprint density at radius 2 is 2.00 bits per heavy atom. The van der Waals surface area contributed by atoms with Gasteiger partial charge in [-0.2, -0.15) is 0 Å². The van der Waals surface area contributed by atoms with Crippen LogP contribution in [0.3, 0.4) is 0 Å². The Kier molecular flexibility index (Phi) is 6.85. The van der Waals surface area contributed by atoms with Crippen molar-refractivity contribution in [1.29, 1.82) is 0 Å². The Morgan fingerprint density at radius 1 is 1.21 bits per heavy atom. The number of benzene rings is 2. The van der Waals surface area contributed by atoms with Gasteiger partial charge in [0.15, 0.2) is 0 Å². The van der Waals surface area contributed by atoms with Gasteiger partial charge in [-0.15, -0.1) is 0 Å². The molecule has 1 unspecified atom stereocenters. The van der Waals surface area contributed by atoms with E-state index >= 15 is 0 Å². The third-order valence-corrected chi connectivity index (χ3v) is 3.88. The van der Waals surface area contributed by atoms with Gasteiger partial charge in [-0.1, -0.05) is 41.9 Å². The molecule has 0 bridgehead atoms. The molecule has 0 aliphatic heterocycles. The maximum atomic E-state index is 12.0. The van der Waals surface area contributed by atoms with Crippen molar-refractivity contribution in [2.24, 2.45) is 0 Å². The molecule has 0 saturated carbocycles. The van der Waals surface area contributed by atoms with Crippen molar-refractivity contribution in [3.05, 3.63) is 70.8 Å². The molecule has 24 heavy (non-hydrogen) atoms. The highest BCUT2D eigenvalue weighted by molar-refractivity contribution is 6.32. The molecule has 1 amide bonds. The second-order valence-corrected chi connectivity index (χ2v) is 5.51. The number of methoxy groups -OCH3 is 2. The Morgan fingerprint density at radius 3 is 2.71 bits per heavy atom. The molecule has 5 heteroatoms. The lowest BCUT2D eigenvalue weighted by Gasteiger charge is -2.16. The van der Waals surface area contributed by atoms with Crippen molar-refractivity contribution in [2.45, 2.75) is 6.10 Å². The number of hydrogen-bond donors (Lipinski definition) is 1. The third-order valence-electron chi connectivity index (χ3n) is 3.53. The van der Waals surface area contributed by atoms with Crippen LogP contribution in [0, 0.1) is 0 Å².